The van der Waals surface area contributed by atoms with Crippen molar-refractivity contribution in [3.05, 3.63) is 49.8 Å². The topological polar surface area (TPSA) is 71.9 Å². The SMILES string of the molecule is N#Cc1cc(N)c(OCc2cncc(Br)c2)c(I)c1. The molecule has 0 spiro atoms. The van der Waals surface area contributed by atoms with E-state index in [1.165, 1.54) is 0 Å². The highest BCUT2D eigenvalue weighted by Crippen LogP contribution is 2.30. The molecule has 0 aliphatic rings. The molecule has 19 heavy (non-hydrogen) atoms. The minimum absolute atomic E-state index is 0.374. The maximum Gasteiger partial charge on any atom is 0.156 e. The van der Waals surface area contributed by atoms with Gasteiger partial charge in [-0.05, 0) is 56.7 Å². The summed E-state index contributed by atoms with van der Waals surface area (Å²) < 4.78 is 7.42. The number of ether oxygens (including phenoxy) is 1. The van der Waals surface area contributed by atoms with Crippen LogP contribution >= 0.6 is 38.5 Å². The van der Waals surface area contributed by atoms with Gasteiger partial charge in [-0.1, -0.05) is 0 Å². The normalized spacial score (nSPS) is 9.95. The minimum atomic E-state index is 0.374. The van der Waals surface area contributed by atoms with Gasteiger partial charge in [-0.3, -0.25) is 4.98 Å². The average Bonchev–Trinajstić information content (AvgIpc) is 2.37. The molecule has 0 saturated carbocycles. The zero-order valence-electron chi connectivity index (χ0n) is 9.73. The lowest BCUT2D eigenvalue weighted by Gasteiger charge is -2.11. The molecule has 2 aromatic rings. The van der Waals surface area contributed by atoms with Gasteiger partial charge >= 0.3 is 0 Å². The Bertz CT molecular complexity index is 632. The van der Waals surface area contributed by atoms with Crippen molar-refractivity contribution in [3.8, 4) is 11.8 Å². The van der Waals surface area contributed by atoms with Gasteiger partial charge in [0.15, 0.2) is 5.75 Å². The third kappa shape index (κ3) is 3.58. The summed E-state index contributed by atoms with van der Waals surface area (Å²) >= 11 is 5.46. The highest BCUT2D eigenvalue weighted by atomic mass is 127. The minimum Gasteiger partial charge on any atom is -0.486 e. The molecule has 0 saturated heterocycles. The molecule has 0 fully saturated rings. The summed E-state index contributed by atoms with van der Waals surface area (Å²) in [6.45, 7) is 0.374. The summed E-state index contributed by atoms with van der Waals surface area (Å²) in [7, 11) is 0. The van der Waals surface area contributed by atoms with E-state index in [0.717, 1.165) is 13.6 Å². The van der Waals surface area contributed by atoms with Crippen molar-refractivity contribution >= 4 is 44.2 Å². The van der Waals surface area contributed by atoms with Crippen molar-refractivity contribution < 1.29 is 4.74 Å². The fourth-order valence-corrected chi connectivity index (χ4v) is 2.74. The van der Waals surface area contributed by atoms with Gasteiger partial charge in [0.25, 0.3) is 0 Å². The number of nitrogen functional groups attached to an aromatic ring is 1. The number of benzene rings is 1. The van der Waals surface area contributed by atoms with E-state index in [1.807, 2.05) is 6.07 Å². The zero-order chi connectivity index (χ0) is 13.8. The van der Waals surface area contributed by atoms with Crippen molar-refractivity contribution in [1.29, 1.82) is 5.26 Å². The van der Waals surface area contributed by atoms with Crippen molar-refractivity contribution in [2.45, 2.75) is 6.61 Å². The molecule has 2 N–H and O–H groups in total. The first-order chi connectivity index (χ1) is 9.10. The Morgan fingerprint density at radius 2 is 2.16 bits per heavy atom. The number of pyridine rings is 1. The van der Waals surface area contributed by atoms with Gasteiger partial charge in [0, 0.05) is 22.4 Å². The molecule has 0 atom stereocenters. The quantitative estimate of drug-likeness (QED) is 0.598. The van der Waals surface area contributed by atoms with Crippen molar-refractivity contribution in [2.75, 3.05) is 5.73 Å². The van der Waals surface area contributed by atoms with Crippen LogP contribution in [0.2, 0.25) is 0 Å². The molecule has 0 bridgehead atoms. The maximum atomic E-state index is 8.85. The van der Waals surface area contributed by atoms with Crippen LogP contribution in [0.3, 0.4) is 0 Å². The molecule has 1 aromatic carbocycles. The number of nitrogens with two attached hydrogens (primary N) is 1. The Morgan fingerprint density at radius 3 is 2.79 bits per heavy atom. The first-order valence-corrected chi connectivity index (χ1v) is 7.18. The summed E-state index contributed by atoms with van der Waals surface area (Å²) in [5.41, 5.74) is 7.82. The van der Waals surface area contributed by atoms with Gasteiger partial charge in [0.1, 0.15) is 6.61 Å². The van der Waals surface area contributed by atoms with Gasteiger partial charge in [0.05, 0.1) is 20.9 Å². The number of halogens is 2. The Balaban J connectivity index is 2.18. The molecule has 1 heterocycles. The van der Waals surface area contributed by atoms with E-state index < -0.39 is 0 Å². The summed E-state index contributed by atoms with van der Waals surface area (Å²) in [4.78, 5) is 4.07. The van der Waals surface area contributed by atoms with Crippen molar-refractivity contribution in [3.63, 3.8) is 0 Å². The summed E-state index contributed by atoms with van der Waals surface area (Å²) in [5.74, 6) is 0.597. The fraction of sp³-hybridized carbons (Fsp3) is 0.0769. The second-order valence-electron chi connectivity index (χ2n) is 3.79. The van der Waals surface area contributed by atoms with E-state index in [4.69, 9.17) is 15.7 Å². The molecule has 2 rings (SSSR count). The van der Waals surface area contributed by atoms with Crippen LogP contribution in [0.1, 0.15) is 11.1 Å². The lowest BCUT2D eigenvalue weighted by molar-refractivity contribution is 0.305. The van der Waals surface area contributed by atoms with E-state index in [9.17, 15) is 0 Å². The lowest BCUT2D eigenvalue weighted by Crippen LogP contribution is -2.01. The van der Waals surface area contributed by atoms with Crippen LogP contribution in [0, 0.1) is 14.9 Å². The number of hydrogen-bond acceptors (Lipinski definition) is 4. The molecular formula is C13H9BrIN3O. The molecule has 0 aliphatic heterocycles. The second-order valence-corrected chi connectivity index (χ2v) is 5.87. The third-order valence-corrected chi connectivity index (χ3v) is 3.58. The van der Waals surface area contributed by atoms with Gasteiger partial charge in [0.2, 0.25) is 0 Å². The van der Waals surface area contributed by atoms with Crippen LogP contribution in [0.4, 0.5) is 5.69 Å². The van der Waals surface area contributed by atoms with E-state index in [2.05, 4.69) is 49.6 Å². The van der Waals surface area contributed by atoms with Gasteiger partial charge < -0.3 is 10.5 Å². The molecule has 0 unspecified atom stereocenters. The first kappa shape index (κ1) is 14.1. The molecule has 6 heteroatoms. The van der Waals surface area contributed by atoms with Crippen LogP contribution in [0.25, 0.3) is 0 Å². The van der Waals surface area contributed by atoms with E-state index >= 15 is 0 Å². The van der Waals surface area contributed by atoms with Gasteiger partial charge in [-0.25, -0.2) is 0 Å². The number of nitrogens with zero attached hydrogens (tertiary/aromatic N) is 2. The molecule has 1 aromatic heterocycles. The van der Waals surface area contributed by atoms with Crippen molar-refractivity contribution in [2.24, 2.45) is 0 Å². The number of nitriles is 1. The number of hydrogen-bond donors (Lipinski definition) is 1. The smallest absolute Gasteiger partial charge is 0.156 e. The zero-order valence-corrected chi connectivity index (χ0v) is 13.5. The predicted octanol–water partition coefficient (Wildman–Crippen LogP) is 3.48. The summed E-state index contributed by atoms with van der Waals surface area (Å²) in [6, 6.07) is 7.34. The van der Waals surface area contributed by atoms with Crippen LogP contribution in [-0.2, 0) is 6.61 Å². The standard InChI is InChI=1S/C13H9BrIN3O/c14-10-1-9(5-18-6-10)7-19-13-11(15)2-8(4-16)3-12(13)17/h1-3,5-6H,7,17H2. The largest absolute Gasteiger partial charge is 0.486 e. The highest BCUT2D eigenvalue weighted by molar-refractivity contribution is 14.1. The molecule has 96 valence electrons. The monoisotopic (exact) mass is 429 g/mol. The van der Waals surface area contributed by atoms with E-state index in [1.54, 1.807) is 24.5 Å². The highest BCUT2D eigenvalue weighted by Gasteiger charge is 2.09. The molecular weight excluding hydrogens is 421 g/mol. The lowest BCUT2D eigenvalue weighted by atomic mass is 10.2. The van der Waals surface area contributed by atoms with Crippen LogP contribution < -0.4 is 10.5 Å². The molecule has 0 amide bonds. The first-order valence-electron chi connectivity index (χ1n) is 5.31. The fourth-order valence-electron chi connectivity index (χ4n) is 1.52. The summed E-state index contributed by atoms with van der Waals surface area (Å²) in [5, 5.41) is 8.85. The van der Waals surface area contributed by atoms with Gasteiger partial charge in [-0.15, -0.1) is 0 Å². The second kappa shape index (κ2) is 6.21. The van der Waals surface area contributed by atoms with Crippen molar-refractivity contribution in [1.82, 2.24) is 4.98 Å². The Labute approximate surface area is 132 Å². The molecule has 0 aliphatic carbocycles. The van der Waals surface area contributed by atoms with Gasteiger partial charge in [-0.2, -0.15) is 5.26 Å². The third-order valence-electron chi connectivity index (χ3n) is 2.35. The van der Waals surface area contributed by atoms with E-state index in [0.29, 0.717) is 23.6 Å². The Morgan fingerprint density at radius 1 is 1.37 bits per heavy atom. The Hall–Kier alpha value is -1.33. The average molecular weight is 430 g/mol. The molecule has 0 radical (unpaired) electrons. The summed E-state index contributed by atoms with van der Waals surface area (Å²) in [6.07, 6.45) is 3.45. The number of aromatic nitrogens is 1. The van der Waals surface area contributed by atoms with E-state index in [-0.39, 0.29) is 0 Å². The number of rotatable bonds is 3. The number of anilines is 1. The van der Waals surface area contributed by atoms with Crippen LogP contribution in [0.5, 0.6) is 5.75 Å². The van der Waals surface area contributed by atoms with Crippen LogP contribution in [-0.4, -0.2) is 4.98 Å². The molecule has 4 nitrogen and oxygen atoms in total. The van der Waals surface area contributed by atoms with Crippen LogP contribution in [0.15, 0.2) is 35.1 Å². The predicted molar refractivity (Wildman–Crippen MR) is 84.6 cm³/mol. The maximum absolute atomic E-state index is 8.85. The Kier molecular flexibility index (Phi) is 4.61.